The summed E-state index contributed by atoms with van der Waals surface area (Å²) in [7, 11) is 1.63. The van der Waals surface area contributed by atoms with Crippen LogP contribution in [0.3, 0.4) is 0 Å². The molecule has 3 aromatic rings. The van der Waals surface area contributed by atoms with Gasteiger partial charge in [0, 0.05) is 30.9 Å². The van der Waals surface area contributed by atoms with Crippen molar-refractivity contribution in [1.29, 1.82) is 0 Å². The number of ether oxygens (including phenoxy) is 3. The average Bonchev–Trinajstić information content (AvgIpc) is 2.84. The van der Waals surface area contributed by atoms with Crippen molar-refractivity contribution in [2.24, 2.45) is 0 Å². The van der Waals surface area contributed by atoms with Crippen molar-refractivity contribution in [3.8, 4) is 11.5 Å². The van der Waals surface area contributed by atoms with Crippen LogP contribution >= 0.6 is 34.8 Å². The number of morpholine rings is 1. The van der Waals surface area contributed by atoms with Crippen LogP contribution < -0.4 is 19.7 Å². The Morgan fingerprint density at radius 3 is 2.48 bits per heavy atom. The van der Waals surface area contributed by atoms with E-state index in [9.17, 15) is 0 Å². The summed E-state index contributed by atoms with van der Waals surface area (Å²) in [6.45, 7) is 4.01. The van der Waals surface area contributed by atoms with Crippen LogP contribution in [0, 0.1) is 0 Å². The van der Waals surface area contributed by atoms with Crippen LogP contribution in [0.15, 0.2) is 54.6 Å². The fraction of sp³-hybridized carbons (Fsp3) is 0.280. The van der Waals surface area contributed by atoms with Crippen molar-refractivity contribution in [1.82, 2.24) is 0 Å². The molecule has 1 fully saturated rings. The summed E-state index contributed by atoms with van der Waals surface area (Å²) < 4.78 is 17.1. The van der Waals surface area contributed by atoms with E-state index in [0.29, 0.717) is 39.7 Å². The highest BCUT2D eigenvalue weighted by atomic mass is 35.5. The summed E-state index contributed by atoms with van der Waals surface area (Å²) in [5.74, 6) is 1.34. The Morgan fingerprint density at radius 2 is 1.76 bits per heavy atom. The van der Waals surface area contributed by atoms with Gasteiger partial charge in [0.25, 0.3) is 0 Å². The molecular formula is C25H25Cl3N2O3. The molecule has 0 bridgehead atoms. The zero-order valence-corrected chi connectivity index (χ0v) is 20.5. The van der Waals surface area contributed by atoms with Crippen molar-refractivity contribution < 1.29 is 14.2 Å². The van der Waals surface area contributed by atoms with Crippen molar-refractivity contribution in [2.45, 2.75) is 13.2 Å². The van der Waals surface area contributed by atoms with Crippen LogP contribution in [-0.2, 0) is 17.9 Å². The van der Waals surface area contributed by atoms with Crippen LogP contribution in [0.5, 0.6) is 11.5 Å². The lowest BCUT2D eigenvalue weighted by Crippen LogP contribution is -2.36. The molecule has 0 unspecified atom stereocenters. The molecule has 0 amide bonds. The van der Waals surface area contributed by atoms with Gasteiger partial charge in [0.2, 0.25) is 0 Å². The first-order chi connectivity index (χ1) is 16.0. The monoisotopic (exact) mass is 506 g/mol. The summed E-state index contributed by atoms with van der Waals surface area (Å²) in [5, 5.41) is 5.16. The van der Waals surface area contributed by atoms with Crippen molar-refractivity contribution in [3.63, 3.8) is 0 Å². The Balaban J connectivity index is 1.46. The summed E-state index contributed by atoms with van der Waals surface area (Å²) in [6, 6.07) is 17.3. The lowest BCUT2D eigenvalue weighted by Gasteiger charge is -2.29. The van der Waals surface area contributed by atoms with E-state index < -0.39 is 0 Å². The van der Waals surface area contributed by atoms with Gasteiger partial charge in [-0.2, -0.15) is 0 Å². The minimum atomic E-state index is 0.338. The van der Waals surface area contributed by atoms with E-state index in [4.69, 9.17) is 49.0 Å². The number of hydrogen-bond donors (Lipinski definition) is 1. The largest absolute Gasteiger partial charge is 0.493 e. The summed E-state index contributed by atoms with van der Waals surface area (Å²) >= 11 is 18.7. The van der Waals surface area contributed by atoms with Gasteiger partial charge in [-0.25, -0.2) is 0 Å². The maximum Gasteiger partial charge on any atom is 0.166 e. The number of hydrogen-bond acceptors (Lipinski definition) is 5. The number of para-hydroxylation sites is 1. The lowest BCUT2D eigenvalue weighted by molar-refractivity contribution is 0.122. The number of nitrogens with one attached hydrogen (secondary N) is 1. The molecule has 0 aromatic heterocycles. The molecule has 1 heterocycles. The second kappa shape index (κ2) is 11.2. The molecule has 1 N–H and O–H groups in total. The zero-order valence-electron chi connectivity index (χ0n) is 18.2. The van der Waals surface area contributed by atoms with Crippen molar-refractivity contribution in [2.75, 3.05) is 43.6 Å². The van der Waals surface area contributed by atoms with E-state index in [2.05, 4.69) is 10.2 Å². The highest BCUT2D eigenvalue weighted by molar-refractivity contribution is 6.42. The molecule has 3 aromatic carbocycles. The van der Waals surface area contributed by atoms with Crippen LogP contribution in [0.2, 0.25) is 15.1 Å². The minimum Gasteiger partial charge on any atom is -0.493 e. The van der Waals surface area contributed by atoms with Gasteiger partial charge >= 0.3 is 0 Å². The summed E-state index contributed by atoms with van der Waals surface area (Å²) in [5.41, 5.74) is 3.83. The highest BCUT2D eigenvalue weighted by Gasteiger charge is 2.15. The Hall–Kier alpha value is -2.31. The van der Waals surface area contributed by atoms with E-state index in [1.807, 2.05) is 42.5 Å². The van der Waals surface area contributed by atoms with Crippen LogP contribution in [0.4, 0.5) is 11.4 Å². The first kappa shape index (κ1) is 23.8. The van der Waals surface area contributed by atoms with Crippen LogP contribution in [0.25, 0.3) is 0 Å². The predicted molar refractivity (Wildman–Crippen MR) is 136 cm³/mol. The number of benzene rings is 3. The van der Waals surface area contributed by atoms with Crippen LogP contribution in [0.1, 0.15) is 11.1 Å². The molecule has 0 radical (unpaired) electrons. The number of halogens is 3. The quantitative estimate of drug-likeness (QED) is 0.368. The Kier molecular flexibility index (Phi) is 8.10. The van der Waals surface area contributed by atoms with Crippen LogP contribution in [-0.4, -0.2) is 33.4 Å². The fourth-order valence-corrected chi connectivity index (χ4v) is 4.31. The number of anilines is 2. The van der Waals surface area contributed by atoms with Gasteiger partial charge < -0.3 is 24.4 Å². The van der Waals surface area contributed by atoms with E-state index >= 15 is 0 Å². The zero-order chi connectivity index (χ0) is 23.2. The maximum atomic E-state index is 6.58. The van der Waals surface area contributed by atoms with Gasteiger partial charge in [-0.1, -0.05) is 53.0 Å². The third-order valence-electron chi connectivity index (χ3n) is 5.43. The molecule has 0 atom stereocenters. The summed E-state index contributed by atoms with van der Waals surface area (Å²) in [4.78, 5) is 2.24. The van der Waals surface area contributed by atoms with Gasteiger partial charge in [0.1, 0.15) is 6.61 Å². The topological polar surface area (TPSA) is 43.0 Å². The fourth-order valence-electron chi connectivity index (χ4n) is 3.68. The first-order valence-electron chi connectivity index (χ1n) is 10.6. The Labute approximate surface area is 209 Å². The third-order valence-corrected chi connectivity index (χ3v) is 6.47. The molecular weight excluding hydrogens is 483 g/mol. The summed E-state index contributed by atoms with van der Waals surface area (Å²) in [6.07, 6.45) is 0. The molecule has 1 saturated heterocycles. The normalized spacial score (nSPS) is 13.6. The minimum absolute atomic E-state index is 0.338. The predicted octanol–water partition coefficient (Wildman–Crippen LogP) is 6.68. The molecule has 33 heavy (non-hydrogen) atoms. The second-order valence-corrected chi connectivity index (χ2v) is 8.83. The lowest BCUT2D eigenvalue weighted by atomic mass is 10.1. The molecule has 174 valence electrons. The number of nitrogens with zero attached hydrogens (tertiary/aromatic N) is 1. The smallest absolute Gasteiger partial charge is 0.166 e. The molecule has 1 aliphatic rings. The Morgan fingerprint density at radius 1 is 0.939 bits per heavy atom. The first-order valence-corrected chi connectivity index (χ1v) is 11.8. The average molecular weight is 508 g/mol. The van der Waals surface area contributed by atoms with E-state index in [1.165, 1.54) is 0 Å². The van der Waals surface area contributed by atoms with E-state index in [1.54, 1.807) is 19.2 Å². The van der Waals surface area contributed by atoms with Gasteiger partial charge in [-0.05, 0) is 42.0 Å². The molecule has 0 spiro atoms. The molecule has 4 rings (SSSR count). The second-order valence-electron chi connectivity index (χ2n) is 7.60. The van der Waals surface area contributed by atoms with Gasteiger partial charge in [-0.15, -0.1) is 0 Å². The van der Waals surface area contributed by atoms with Crippen molar-refractivity contribution in [3.05, 3.63) is 80.8 Å². The molecule has 1 aliphatic heterocycles. The SMILES string of the molecule is COc1cccc(CNc2ccc(N3CCOCC3)c(Cl)c2)c1OCc1ccc(Cl)c(Cl)c1. The van der Waals surface area contributed by atoms with Gasteiger partial charge in [0.15, 0.2) is 11.5 Å². The molecule has 0 saturated carbocycles. The highest BCUT2D eigenvalue weighted by Crippen LogP contribution is 2.34. The molecule has 0 aliphatic carbocycles. The third kappa shape index (κ3) is 5.98. The van der Waals surface area contributed by atoms with Gasteiger partial charge in [0.05, 0.1) is 41.1 Å². The van der Waals surface area contributed by atoms with E-state index in [-0.39, 0.29) is 0 Å². The maximum absolute atomic E-state index is 6.58. The van der Waals surface area contributed by atoms with Crippen molar-refractivity contribution >= 4 is 46.2 Å². The van der Waals surface area contributed by atoms with Gasteiger partial charge in [-0.3, -0.25) is 0 Å². The number of methoxy groups -OCH3 is 1. The molecule has 5 nitrogen and oxygen atoms in total. The number of rotatable bonds is 8. The Bertz CT molecular complexity index is 1100. The standard InChI is InChI=1S/C25H25Cl3N2O3/c1-31-24-4-2-3-18(25(24)33-16-17-5-7-20(26)21(27)13-17)15-29-19-6-8-23(22(28)14-19)30-9-11-32-12-10-30/h2-8,13-14,29H,9-12,15-16H2,1H3. The molecule has 8 heteroatoms. The van der Waals surface area contributed by atoms with E-state index in [0.717, 1.165) is 48.8 Å².